The molecule has 0 spiro atoms. The van der Waals surface area contributed by atoms with Crippen LogP contribution in [0.5, 0.6) is 0 Å². The third kappa shape index (κ3) is 1.16. The van der Waals surface area contributed by atoms with Gasteiger partial charge in [0, 0.05) is 12.2 Å². The van der Waals surface area contributed by atoms with Crippen LogP contribution in [0.3, 0.4) is 0 Å². The molecule has 0 bridgehead atoms. The van der Waals surface area contributed by atoms with Crippen molar-refractivity contribution in [2.24, 2.45) is 0 Å². The molecular weight excluding hydrogens is 148 g/mol. The molecule has 0 N–H and O–H groups in total. The van der Waals surface area contributed by atoms with Crippen LogP contribution in [0.25, 0.3) is 0 Å². The Kier molecular flexibility index (Phi) is 2.33. The highest BCUT2D eigenvalue weighted by atomic mass is 35.5. The molecule has 0 fully saturated rings. The molecule has 2 nitrogen and oxygen atoms in total. The average molecular weight is 159 g/mol. The summed E-state index contributed by atoms with van der Waals surface area (Å²) in [6, 6.07) is 0. The monoisotopic (exact) mass is 158 g/mol. The van der Waals surface area contributed by atoms with Crippen LogP contribution in [0, 0.1) is 6.92 Å². The molecule has 0 aliphatic rings. The number of aromatic nitrogens is 2. The lowest BCUT2D eigenvalue weighted by Gasteiger charge is -1.98. The second kappa shape index (κ2) is 3.06. The zero-order valence-electron chi connectivity index (χ0n) is 6.26. The molecule has 10 heavy (non-hydrogen) atoms. The molecule has 1 heterocycles. The zero-order chi connectivity index (χ0) is 7.56. The van der Waals surface area contributed by atoms with E-state index in [2.05, 4.69) is 16.5 Å². The van der Waals surface area contributed by atoms with Crippen molar-refractivity contribution >= 4 is 11.6 Å². The van der Waals surface area contributed by atoms with Crippen LogP contribution < -0.4 is 0 Å². The summed E-state index contributed by atoms with van der Waals surface area (Å²) in [5.41, 5.74) is 2.17. The van der Waals surface area contributed by atoms with Crippen molar-refractivity contribution in [1.29, 1.82) is 0 Å². The van der Waals surface area contributed by atoms with Gasteiger partial charge in [-0.25, -0.2) is 4.98 Å². The maximum Gasteiger partial charge on any atom is 0.0951 e. The highest BCUT2D eigenvalue weighted by molar-refractivity contribution is 6.16. The highest BCUT2D eigenvalue weighted by Crippen LogP contribution is 2.07. The fraction of sp³-hybridized carbons (Fsp3) is 0.571. The van der Waals surface area contributed by atoms with Gasteiger partial charge in [0.2, 0.25) is 0 Å². The molecule has 0 radical (unpaired) electrons. The number of nitrogens with zero attached hydrogens (tertiary/aromatic N) is 2. The van der Waals surface area contributed by atoms with E-state index in [0.717, 1.165) is 12.2 Å². The molecule has 1 rings (SSSR count). The van der Waals surface area contributed by atoms with Gasteiger partial charge in [0.15, 0.2) is 0 Å². The summed E-state index contributed by atoms with van der Waals surface area (Å²) in [4.78, 5) is 4.14. The minimum atomic E-state index is 0.513. The van der Waals surface area contributed by atoms with E-state index in [0.29, 0.717) is 5.88 Å². The first-order chi connectivity index (χ1) is 4.79. The van der Waals surface area contributed by atoms with Gasteiger partial charge in [-0.3, -0.25) is 0 Å². The van der Waals surface area contributed by atoms with E-state index in [-0.39, 0.29) is 0 Å². The predicted octanol–water partition coefficient (Wildman–Crippen LogP) is 1.95. The Balaban J connectivity index is 2.97. The van der Waals surface area contributed by atoms with Crippen LogP contribution in [0.1, 0.15) is 18.3 Å². The molecule has 0 saturated carbocycles. The molecule has 1 aromatic rings. The molecule has 0 atom stereocenters. The topological polar surface area (TPSA) is 17.8 Å². The van der Waals surface area contributed by atoms with Crippen molar-refractivity contribution in [2.45, 2.75) is 26.3 Å². The summed E-state index contributed by atoms with van der Waals surface area (Å²) < 4.78 is 2.08. The molecule has 3 heteroatoms. The Morgan fingerprint density at radius 1 is 1.70 bits per heavy atom. The molecule has 1 aromatic heterocycles. The second-order valence-corrected chi connectivity index (χ2v) is 2.46. The van der Waals surface area contributed by atoms with Gasteiger partial charge in [0.05, 0.1) is 17.9 Å². The summed E-state index contributed by atoms with van der Waals surface area (Å²) in [5.74, 6) is 0.513. The fourth-order valence-electron chi connectivity index (χ4n) is 0.935. The lowest BCUT2D eigenvalue weighted by molar-refractivity contribution is 0.736. The van der Waals surface area contributed by atoms with Gasteiger partial charge < -0.3 is 4.57 Å². The van der Waals surface area contributed by atoms with Crippen molar-refractivity contribution in [3.05, 3.63) is 17.7 Å². The van der Waals surface area contributed by atoms with Crippen molar-refractivity contribution < 1.29 is 0 Å². The Morgan fingerprint density at radius 3 is 2.70 bits per heavy atom. The van der Waals surface area contributed by atoms with E-state index < -0.39 is 0 Å². The molecular formula is C7H11ClN2. The summed E-state index contributed by atoms with van der Waals surface area (Å²) in [6.45, 7) is 5.09. The van der Waals surface area contributed by atoms with Gasteiger partial charge in [0.1, 0.15) is 0 Å². The molecule has 0 amide bonds. The number of imidazole rings is 1. The summed E-state index contributed by atoms with van der Waals surface area (Å²) in [6.07, 6.45) is 1.83. The summed E-state index contributed by atoms with van der Waals surface area (Å²) in [7, 11) is 0. The van der Waals surface area contributed by atoms with Crippen LogP contribution >= 0.6 is 11.6 Å². The van der Waals surface area contributed by atoms with E-state index >= 15 is 0 Å². The number of alkyl halides is 1. The van der Waals surface area contributed by atoms with Crippen LogP contribution in [0.2, 0.25) is 0 Å². The Labute approximate surface area is 65.8 Å². The van der Waals surface area contributed by atoms with Crippen molar-refractivity contribution in [3.63, 3.8) is 0 Å². The highest BCUT2D eigenvalue weighted by Gasteiger charge is 2.01. The van der Waals surface area contributed by atoms with Crippen molar-refractivity contribution in [2.75, 3.05) is 0 Å². The lowest BCUT2D eigenvalue weighted by atomic mass is 10.4. The minimum absolute atomic E-state index is 0.513. The maximum absolute atomic E-state index is 5.63. The van der Waals surface area contributed by atoms with Gasteiger partial charge in [0.25, 0.3) is 0 Å². The van der Waals surface area contributed by atoms with Gasteiger partial charge in [-0.05, 0) is 13.8 Å². The van der Waals surface area contributed by atoms with E-state index in [1.165, 1.54) is 5.69 Å². The number of hydrogen-bond acceptors (Lipinski definition) is 1. The molecule has 0 aliphatic carbocycles. The Morgan fingerprint density at radius 2 is 2.40 bits per heavy atom. The van der Waals surface area contributed by atoms with Gasteiger partial charge >= 0.3 is 0 Å². The van der Waals surface area contributed by atoms with Crippen molar-refractivity contribution in [3.8, 4) is 0 Å². The fourth-order valence-corrected chi connectivity index (χ4v) is 1.20. The van der Waals surface area contributed by atoms with Crippen LogP contribution in [0.15, 0.2) is 6.33 Å². The van der Waals surface area contributed by atoms with Gasteiger partial charge in [-0.2, -0.15) is 0 Å². The SMILES string of the molecule is CCn1cnc(CCl)c1C. The Hall–Kier alpha value is -0.500. The zero-order valence-corrected chi connectivity index (χ0v) is 7.02. The first-order valence-corrected chi connectivity index (χ1v) is 3.89. The number of aryl methyl sites for hydroxylation is 1. The van der Waals surface area contributed by atoms with E-state index in [9.17, 15) is 0 Å². The molecule has 56 valence electrons. The third-order valence-electron chi connectivity index (χ3n) is 1.67. The molecule has 0 saturated heterocycles. The van der Waals surface area contributed by atoms with Crippen LogP contribution in [-0.2, 0) is 12.4 Å². The summed E-state index contributed by atoms with van der Waals surface area (Å²) >= 11 is 5.63. The largest absolute Gasteiger partial charge is 0.335 e. The number of hydrogen-bond donors (Lipinski definition) is 0. The van der Waals surface area contributed by atoms with Gasteiger partial charge in [-0.1, -0.05) is 0 Å². The second-order valence-electron chi connectivity index (χ2n) is 2.20. The van der Waals surface area contributed by atoms with E-state index in [1.807, 2.05) is 13.3 Å². The lowest BCUT2D eigenvalue weighted by Crippen LogP contribution is -1.94. The van der Waals surface area contributed by atoms with Crippen molar-refractivity contribution in [1.82, 2.24) is 9.55 Å². The minimum Gasteiger partial charge on any atom is -0.335 e. The third-order valence-corrected chi connectivity index (χ3v) is 1.92. The molecule has 0 unspecified atom stereocenters. The van der Waals surface area contributed by atoms with E-state index in [1.54, 1.807) is 0 Å². The smallest absolute Gasteiger partial charge is 0.0951 e. The van der Waals surface area contributed by atoms with E-state index in [4.69, 9.17) is 11.6 Å². The first-order valence-electron chi connectivity index (χ1n) is 3.36. The quantitative estimate of drug-likeness (QED) is 0.602. The number of rotatable bonds is 2. The van der Waals surface area contributed by atoms with Crippen LogP contribution in [-0.4, -0.2) is 9.55 Å². The molecule has 0 aliphatic heterocycles. The Bertz CT molecular complexity index is 196. The van der Waals surface area contributed by atoms with Crippen LogP contribution in [0.4, 0.5) is 0 Å². The standard InChI is InChI=1S/C7H11ClN2/c1-3-10-5-9-7(4-8)6(10)2/h5H,3-4H2,1-2H3. The summed E-state index contributed by atoms with van der Waals surface area (Å²) in [5, 5.41) is 0. The predicted molar refractivity (Wildman–Crippen MR) is 42.2 cm³/mol. The number of halogens is 1. The normalized spacial score (nSPS) is 10.3. The average Bonchev–Trinajstić information content (AvgIpc) is 2.30. The maximum atomic E-state index is 5.63. The van der Waals surface area contributed by atoms with Gasteiger partial charge in [-0.15, -0.1) is 11.6 Å². The molecule has 0 aromatic carbocycles. The first kappa shape index (κ1) is 7.61.